The molecule has 0 unspecified atom stereocenters. The van der Waals surface area contributed by atoms with E-state index in [9.17, 15) is 18.0 Å². The molecule has 226 valence electrons. The third kappa shape index (κ3) is 8.48. The summed E-state index contributed by atoms with van der Waals surface area (Å²) >= 11 is 3.34. The number of anilines is 1. The maximum absolute atomic E-state index is 14.1. The molecule has 0 saturated carbocycles. The molecule has 0 aliphatic carbocycles. The second-order valence-corrected chi connectivity index (χ2v) is 12.5. The summed E-state index contributed by atoms with van der Waals surface area (Å²) in [4.78, 5) is 28.7. The summed E-state index contributed by atoms with van der Waals surface area (Å²) in [7, 11) is -2.63. The van der Waals surface area contributed by atoms with Crippen LogP contribution in [0.15, 0.2) is 82.2 Å². The van der Waals surface area contributed by atoms with Gasteiger partial charge in [0.2, 0.25) is 11.8 Å². The van der Waals surface area contributed by atoms with Crippen molar-refractivity contribution in [1.29, 1.82) is 0 Å². The number of hydrogen-bond donors (Lipinski definition) is 1. The molecule has 0 bridgehead atoms. The average molecular weight is 661 g/mol. The van der Waals surface area contributed by atoms with Gasteiger partial charge in [0.25, 0.3) is 10.0 Å². The van der Waals surface area contributed by atoms with Crippen molar-refractivity contribution < 1.29 is 27.5 Å². The van der Waals surface area contributed by atoms with E-state index >= 15 is 0 Å². The normalized spacial score (nSPS) is 12.6. The average Bonchev–Trinajstić information content (AvgIpc) is 2.99. The number of methoxy groups -OCH3 is 1. The number of benzene rings is 3. The Labute approximate surface area is 257 Å². The predicted octanol–water partition coefficient (Wildman–Crippen LogP) is 5.38. The molecule has 3 aromatic carbocycles. The van der Waals surface area contributed by atoms with Gasteiger partial charge < -0.3 is 19.7 Å². The molecule has 0 heterocycles. The van der Waals surface area contributed by atoms with Gasteiger partial charge in [-0.1, -0.05) is 35.0 Å². The number of nitrogens with zero attached hydrogens (tertiary/aromatic N) is 2. The third-order valence-electron chi connectivity index (χ3n) is 6.77. The van der Waals surface area contributed by atoms with Gasteiger partial charge in [-0.05, 0) is 93.4 Å². The molecule has 0 aliphatic rings. The number of hydrogen-bond acceptors (Lipinski definition) is 6. The second-order valence-electron chi connectivity index (χ2n) is 9.76. The summed E-state index contributed by atoms with van der Waals surface area (Å²) < 4.78 is 40.6. The maximum Gasteiger partial charge on any atom is 0.264 e. The number of nitrogens with one attached hydrogen (secondary N) is 1. The van der Waals surface area contributed by atoms with Crippen LogP contribution in [0.2, 0.25) is 0 Å². The Kier molecular flexibility index (Phi) is 11.8. The van der Waals surface area contributed by atoms with Crippen molar-refractivity contribution in [3.05, 3.63) is 82.8 Å². The van der Waals surface area contributed by atoms with Crippen LogP contribution in [0.1, 0.15) is 39.7 Å². The van der Waals surface area contributed by atoms with Crippen LogP contribution < -0.4 is 19.1 Å². The number of rotatable bonds is 14. The highest BCUT2D eigenvalue weighted by molar-refractivity contribution is 9.10. The molecule has 1 N–H and O–H groups in total. The van der Waals surface area contributed by atoms with Gasteiger partial charge in [0.1, 0.15) is 24.1 Å². The maximum atomic E-state index is 14.1. The van der Waals surface area contributed by atoms with E-state index < -0.39 is 28.5 Å². The summed E-state index contributed by atoms with van der Waals surface area (Å²) in [6.07, 6.45) is 0.721. The van der Waals surface area contributed by atoms with Gasteiger partial charge in [-0.25, -0.2) is 8.42 Å². The lowest BCUT2D eigenvalue weighted by Crippen LogP contribution is -2.52. The number of ether oxygens (including phenoxy) is 2. The minimum absolute atomic E-state index is 0.0225. The lowest BCUT2D eigenvalue weighted by molar-refractivity contribution is -0.139. The van der Waals surface area contributed by atoms with Gasteiger partial charge in [0.15, 0.2) is 0 Å². The fourth-order valence-electron chi connectivity index (χ4n) is 4.15. The van der Waals surface area contributed by atoms with Gasteiger partial charge >= 0.3 is 0 Å². The monoisotopic (exact) mass is 659 g/mol. The molecule has 0 spiro atoms. The zero-order chi connectivity index (χ0) is 30.9. The number of carbonyl (C=O) groups is 2. The Balaban J connectivity index is 2.04. The lowest BCUT2D eigenvalue weighted by Gasteiger charge is -2.32. The number of amides is 2. The Morgan fingerprint density at radius 2 is 1.62 bits per heavy atom. The Morgan fingerprint density at radius 1 is 0.952 bits per heavy atom. The summed E-state index contributed by atoms with van der Waals surface area (Å²) in [5.74, 6) is 0.303. The first-order chi connectivity index (χ1) is 20.0. The third-order valence-corrected chi connectivity index (χ3v) is 9.09. The van der Waals surface area contributed by atoms with Gasteiger partial charge in [-0.2, -0.15) is 0 Å². The summed E-state index contributed by atoms with van der Waals surface area (Å²) in [5, 5.41) is 2.93. The fraction of sp³-hybridized carbons (Fsp3) is 0.355. The summed E-state index contributed by atoms with van der Waals surface area (Å²) in [6, 6.07) is 18.9. The molecule has 0 saturated heterocycles. The van der Waals surface area contributed by atoms with E-state index in [-0.39, 0.29) is 29.1 Å². The lowest BCUT2D eigenvalue weighted by atomic mass is 10.1. The number of carbonyl (C=O) groups excluding carboxylic acids is 2. The van der Waals surface area contributed by atoms with E-state index in [1.807, 2.05) is 26.8 Å². The van der Waals surface area contributed by atoms with Crippen LogP contribution in [0.25, 0.3) is 0 Å². The van der Waals surface area contributed by atoms with Crippen LogP contribution in [0.4, 0.5) is 5.69 Å². The van der Waals surface area contributed by atoms with E-state index in [2.05, 4.69) is 21.2 Å². The van der Waals surface area contributed by atoms with Crippen molar-refractivity contribution >= 4 is 43.5 Å². The summed E-state index contributed by atoms with van der Waals surface area (Å²) in [5.41, 5.74) is 1.02. The van der Waals surface area contributed by atoms with Crippen LogP contribution >= 0.6 is 15.9 Å². The minimum atomic E-state index is -4.17. The fourth-order valence-corrected chi connectivity index (χ4v) is 5.83. The quantitative estimate of drug-likeness (QED) is 0.249. The molecule has 2 amide bonds. The van der Waals surface area contributed by atoms with Crippen LogP contribution in [0, 0.1) is 0 Å². The molecule has 2 atom stereocenters. The second kappa shape index (κ2) is 15.1. The van der Waals surface area contributed by atoms with Crippen LogP contribution in [0.3, 0.4) is 0 Å². The largest absolute Gasteiger partial charge is 0.497 e. The van der Waals surface area contributed by atoms with Crippen molar-refractivity contribution in [3.8, 4) is 11.5 Å². The van der Waals surface area contributed by atoms with Gasteiger partial charge in [0, 0.05) is 17.1 Å². The highest BCUT2D eigenvalue weighted by Crippen LogP contribution is 2.27. The molecule has 0 aromatic heterocycles. The molecule has 42 heavy (non-hydrogen) atoms. The van der Waals surface area contributed by atoms with Crippen molar-refractivity contribution in [2.24, 2.45) is 0 Å². The molecular formula is C31H38BrN3O6S. The van der Waals surface area contributed by atoms with Crippen molar-refractivity contribution in [1.82, 2.24) is 10.2 Å². The van der Waals surface area contributed by atoms with Crippen molar-refractivity contribution in [3.63, 3.8) is 0 Å². The Hall–Kier alpha value is -3.57. The van der Waals surface area contributed by atoms with Crippen LogP contribution in [0.5, 0.6) is 11.5 Å². The molecule has 3 rings (SSSR count). The topological polar surface area (TPSA) is 105 Å². The number of sulfonamides is 1. The van der Waals surface area contributed by atoms with E-state index in [4.69, 9.17) is 9.47 Å². The molecule has 9 nitrogen and oxygen atoms in total. The molecular weight excluding hydrogens is 622 g/mol. The minimum Gasteiger partial charge on any atom is -0.497 e. The molecule has 0 aliphatic heterocycles. The highest BCUT2D eigenvalue weighted by Gasteiger charge is 2.33. The van der Waals surface area contributed by atoms with Crippen LogP contribution in [-0.4, -0.2) is 57.5 Å². The number of halogens is 1. The SMILES string of the molecule is CCOc1ccc(N(CC(=O)N(Cc2cccc(OC)c2)[C@@H](C)C(=O)N[C@@H](C)CC)S(=O)(=O)c2ccc(Br)cc2)cc1. The first kappa shape index (κ1) is 32.9. The molecule has 0 radical (unpaired) electrons. The summed E-state index contributed by atoms with van der Waals surface area (Å²) in [6.45, 7) is 7.33. The zero-order valence-corrected chi connectivity index (χ0v) is 26.9. The highest BCUT2D eigenvalue weighted by atomic mass is 79.9. The standard InChI is InChI=1S/C31H38BrN3O6S/c1-6-22(3)33-31(37)23(4)34(20-24-9-8-10-28(19-24)40-5)30(36)21-35(26-13-15-27(16-14-26)41-7-2)42(38,39)29-17-11-25(32)12-18-29/h8-19,22-23H,6-7,20-21H2,1-5H3,(H,33,37)/t22-,23-/m0/s1. The van der Waals surface area contributed by atoms with E-state index in [0.717, 1.165) is 20.8 Å². The zero-order valence-electron chi connectivity index (χ0n) is 24.5. The smallest absolute Gasteiger partial charge is 0.264 e. The Bertz CT molecular complexity index is 1450. The van der Waals surface area contributed by atoms with Gasteiger partial charge in [-0.3, -0.25) is 13.9 Å². The van der Waals surface area contributed by atoms with Crippen molar-refractivity contribution in [2.45, 2.75) is 57.6 Å². The van der Waals surface area contributed by atoms with Crippen LogP contribution in [-0.2, 0) is 26.2 Å². The van der Waals surface area contributed by atoms with E-state index in [0.29, 0.717) is 18.1 Å². The predicted molar refractivity (Wildman–Crippen MR) is 167 cm³/mol. The molecule has 0 fully saturated rings. The van der Waals surface area contributed by atoms with Gasteiger partial charge in [-0.15, -0.1) is 0 Å². The first-order valence-corrected chi connectivity index (χ1v) is 16.0. The molecule has 11 heteroatoms. The van der Waals surface area contributed by atoms with Crippen molar-refractivity contribution in [2.75, 3.05) is 24.6 Å². The van der Waals surface area contributed by atoms with E-state index in [1.165, 1.54) is 17.0 Å². The molecule has 3 aromatic rings. The van der Waals surface area contributed by atoms with Gasteiger partial charge in [0.05, 0.1) is 24.3 Å². The Morgan fingerprint density at radius 3 is 2.21 bits per heavy atom. The van der Waals surface area contributed by atoms with E-state index in [1.54, 1.807) is 68.6 Å². The first-order valence-electron chi connectivity index (χ1n) is 13.7.